The smallest absolute Gasteiger partial charge is 0.426 e. The van der Waals surface area contributed by atoms with Crippen molar-refractivity contribution in [2.45, 2.75) is 283 Å². The molecule has 2 aromatic carbocycles. The van der Waals surface area contributed by atoms with Gasteiger partial charge < -0.3 is 92.8 Å². The van der Waals surface area contributed by atoms with Gasteiger partial charge in [-0.2, -0.15) is 0 Å². The molecule has 44 nitrogen and oxygen atoms in total. The molecule has 5 unspecified atom stereocenters. The number of halogens is 3. The molecule has 150 heavy (non-hydrogen) atoms. The average molecular weight is 2220 g/mol. The van der Waals surface area contributed by atoms with E-state index in [1.54, 1.807) is 23.8 Å². The summed E-state index contributed by atoms with van der Waals surface area (Å²) in [5, 5.41) is 67.2. The van der Waals surface area contributed by atoms with Crippen molar-refractivity contribution in [1.29, 1.82) is 5.41 Å². The van der Waals surface area contributed by atoms with Crippen LogP contribution in [0.4, 0.5) is 29.3 Å². The number of hydrazine groups is 1. The Morgan fingerprint density at radius 1 is 0.640 bits per heavy atom. The van der Waals surface area contributed by atoms with Crippen molar-refractivity contribution < 1.29 is 156 Å². The van der Waals surface area contributed by atoms with E-state index in [2.05, 4.69) is 53.1 Å². The van der Waals surface area contributed by atoms with Gasteiger partial charge in [0.1, 0.15) is 57.6 Å². The molecule has 0 radical (unpaired) electrons. The van der Waals surface area contributed by atoms with Crippen molar-refractivity contribution in [2.75, 3.05) is 86.6 Å². The molecule has 0 saturated heterocycles. The number of hydrogen-bond donors (Lipinski definition) is 18. The number of rotatable bonds is 72. The topological polar surface area (TPSA) is 698 Å². The molecule has 52 heteroatoms. The number of hydrogen-bond acceptors (Lipinski definition) is 33. The van der Waals surface area contributed by atoms with Crippen LogP contribution in [0.1, 0.15) is 262 Å². The van der Waals surface area contributed by atoms with E-state index in [0.717, 1.165) is 49.9 Å². The summed E-state index contributed by atoms with van der Waals surface area (Å²) in [4.78, 5) is 230. The lowest BCUT2D eigenvalue weighted by Crippen LogP contribution is -2.52. The number of ketones is 5. The minimum absolute atomic E-state index is 0.00792. The quantitative estimate of drug-likeness (QED) is 0.00288. The molecule has 2 aliphatic carbocycles. The number of esters is 2. The number of phenols is 1. The predicted molar refractivity (Wildman–Crippen MR) is 550 cm³/mol. The molecule has 2 saturated carbocycles. The summed E-state index contributed by atoms with van der Waals surface area (Å²) in [5.74, 6) is -28.3. The zero-order chi connectivity index (χ0) is 111. The largest absolute Gasteiger partial charge is 0.508 e. The second kappa shape index (κ2) is 68.1. The summed E-state index contributed by atoms with van der Waals surface area (Å²) >= 11 is -2.06. The maximum atomic E-state index is 15.8. The Labute approximate surface area is 884 Å². The fourth-order valence-electron chi connectivity index (χ4n) is 17.4. The number of anilines is 2. The summed E-state index contributed by atoms with van der Waals surface area (Å²) in [6, 6.07) is 0.629. The van der Waals surface area contributed by atoms with Crippen LogP contribution < -0.4 is 64.3 Å². The van der Waals surface area contributed by atoms with Crippen LogP contribution in [0.25, 0.3) is 0 Å². The summed E-state index contributed by atoms with van der Waals surface area (Å²) in [7, 11) is -2.54. The third-order valence-corrected chi connectivity index (χ3v) is 31.2. The Morgan fingerprint density at radius 3 is 1.91 bits per heavy atom. The van der Waals surface area contributed by atoms with Gasteiger partial charge in [0.2, 0.25) is 29.5 Å². The molecule has 2 fully saturated rings. The van der Waals surface area contributed by atoms with Gasteiger partial charge in [0.05, 0.1) is 87.1 Å². The minimum Gasteiger partial charge on any atom is -0.508 e. The second-order valence-corrected chi connectivity index (χ2v) is 44.3. The number of carbonyl (C=O) groups excluding carboxylic acids is 14. The van der Waals surface area contributed by atoms with Crippen LogP contribution in [-0.2, 0) is 123 Å². The average Bonchev–Trinajstić information content (AvgIpc) is 0.867. The second-order valence-electron chi connectivity index (χ2n) is 37.9. The van der Waals surface area contributed by atoms with E-state index in [9.17, 15) is 114 Å². The van der Waals surface area contributed by atoms with Gasteiger partial charge in [0.15, 0.2) is 50.9 Å². The Kier molecular flexibility index (Phi) is 58.7. The number of guanidine groups is 1. The Balaban J connectivity index is 1.07. The first kappa shape index (κ1) is 129. The summed E-state index contributed by atoms with van der Waals surface area (Å²) < 4.78 is 124. The molecule has 1 aromatic heterocycles. The number of ether oxygens (including phenoxy) is 5. The maximum Gasteiger partial charge on any atom is 0.426 e. The Hall–Kier alpha value is -11.0. The number of thiazole rings is 1. The van der Waals surface area contributed by atoms with Crippen LogP contribution in [0.3, 0.4) is 0 Å². The highest BCUT2D eigenvalue weighted by Crippen LogP contribution is 2.41. The van der Waals surface area contributed by atoms with E-state index in [-0.39, 0.29) is 161 Å². The van der Waals surface area contributed by atoms with E-state index in [4.69, 9.17) is 40.6 Å². The highest BCUT2D eigenvalue weighted by atomic mass is 33.1. The van der Waals surface area contributed by atoms with Gasteiger partial charge in [-0.25, -0.2) is 41.0 Å². The summed E-state index contributed by atoms with van der Waals surface area (Å²) in [6.07, 6.45) is -0.0420. The number of Topliss-reactive ketones (excluding diaryl/α,β-unsaturated/α-hetero) is 5. The molecule has 0 bridgehead atoms. The summed E-state index contributed by atoms with van der Waals surface area (Å²) in [5.41, 5.74) is 14.4. The lowest BCUT2D eigenvalue weighted by molar-refractivity contribution is -0.151. The van der Waals surface area contributed by atoms with Gasteiger partial charge in [0.25, 0.3) is 17.2 Å². The maximum absolute atomic E-state index is 15.8. The van der Waals surface area contributed by atoms with Crippen LogP contribution in [0.15, 0.2) is 34.5 Å². The highest BCUT2D eigenvalue weighted by Gasteiger charge is 2.44. The SMILES string of the molecule is CCCC(=O)OCC(C(=O)[C@@H](NC(=O)C1CCCCC1C)[C@@H](C)CC)C(C[C@@H](OC(C)=O)c1nc(C(=O)N[C@@H](Cc2ccc(O)cc2)C[C@H](C)C(=O)NNC(=O)OCCSSCCNC(=O)[C@H](CC(=O)O)CC(=O)[C@@H](N)CCC(=O)[C@H](CC(=O)O)CC(=O)[C@H](CCCNC(=N)N)CC(=O)[C@H](CC(=O)O)NC(=O)CCOCCOCCNC(=O)CCS(=O)(=O)c2c(F)c(F)c(NS(=O)O)c(F)c2NC2CCCCCCC2)cs1)C(C)C. The number of benzene rings is 2. The van der Waals surface area contributed by atoms with Gasteiger partial charge in [-0.05, 0) is 112 Å². The van der Waals surface area contributed by atoms with Crippen LogP contribution in [-0.4, -0.2) is 256 Å². The fraction of sp³-hybridized carbons (Fsp3) is 0.663. The predicted octanol–water partition coefficient (Wildman–Crippen LogP) is 9.09. The Bertz CT molecular complexity index is 5160. The van der Waals surface area contributed by atoms with E-state index < -0.39 is 291 Å². The summed E-state index contributed by atoms with van der Waals surface area (Å²) in [6.45, 7) is 12.6. The zero-order valence-corrected chi connectivity index (χ0v) is 89.9. The van der Waals surface area contributed by atoms with Crippen molar-refractivity contribution in [3.63, 3.8) is 0 Å². The van der Waals surface area contributed by atoms with E-state index >= 15 is 18.0 Å². The Morgan fingerprint density at radius 2 is 1.27 bits per heavy atom. The molecule has 1 heterocycles. The van der Waals surface area contributed by atoms with E-state index in [1.807, 2.05) is 41.5 Å². The van der Waals surface area contributed by atoms with Crippen molar-refractivity contribution in [2.24, 2.45) is 70.6 Å². The van der Waals surface area contributed by atoms with E-state index in [0.29, 0.717) is 50.5 Å². The number of sulfone groups is 1. The highest BCUT2D eigenvalue weighted by molar-refractivity contribution is 8.76. The standard InChI is InChI=1S/C98H147F3N14O30S5/c1-9-19-83(130)144-53-69(90(131)87(56(5)10-2)112-94(134)67-24-17-16-20-57(67)6)68(55(3)4)51-77(145-59(8)116)96-111-72(54-146-96)95(135)109-65(45-60-25-27-66(117)28-26-60)44-58(7)92(132)113-114-98(136)143-40-42-148-147-41-35-106-93(133)63(50-81(126)127)48-75(120)70(102)29-30-73(118)62(49-80(124)125)47-74(119)61(21-18-33-107-97(103)104)46-76(121)71(52-82(128)129)110-79(123)31-36-141-38-39-142-37-34-105-78(122)32-43-150(139,140)91-85(100)84(99)88(115-149(137)138)86(101)89(91)108-64-22-14-12-11-13-15-23-64/h25-28,54-58,61-65,67-71,77,87,108,115,117H,9-24,29-53,102H2,1-8H3,(H,105,122)(H,106,133)(H,109,135)(H,110,123)(H,112,134)(H,113,132)(H,114,136)(H,124,125)(H,126,127)(H,128,129)(H,137,138)(H4,103,104,107)/t56-,57?,58-,61+,62-,63-,65+,67?,68?,69?,70-,71-,77+,87-/m0/s1. The minimum atomic E-state index is -4.96. The molecule has 5 rings (SSSR count). The molecule has 840 valence electrons. The van der Waals surface area contributed by atoms with Gasteiger partial charge >= 0.3 is 35.9 Å². The first-order valence-corrected chi connectivity index (χ1v) is 56.5. The number of amides is 7. The number of nitrogens with two attached hydrogens (primary N) is 2. The van der Waals surface area contributed by atoms with Gasteiger partial charge in [-0.1, -0.05) is 134 Å². The number of phenolic OH excluding ortho intramolecular Hbond substituents is 1. The number of nitrogens with zero attached hydrogens (tertiary/aromatic N) is 1. The number of aromatic nitrogens is 1. The third-order valence-electron chi connectivity index (χ3n) is 25.8. The molecule has 2 aliphatic rings. The monoisotopic (exact) mass is 2220 g/mol. The first-order valence-electron chi connectivity index (χ1n) is 50.4. The number of aliphatic carboxylic acids is 3. The van der Waals surface area contributed by atoms with Crippen molar-refractivity contribution in [3.8, 4) is 5.75 Å². The van der Waals surface area contributed by atoms with Crippen molar-refractivity contribution >= 4 is 172 Å². The zero-order valence-electron chi connectivity index (χ0n) is 85.8. The van der Waals surface area contributed by atoms with Gasteiger partial charge in [0, 0.05) is 124 Å². The molecule has 3 aromatic rings. The number of carboxylic acids is 3. The van der Waals surface area contributed by atoms with Crippen LogP contribution in [0, 0.1) is 82.0 Å². The molecule has 0 spiro atoms. The molecule has 20 N–H and O–H groups in total. The molecule has 7 amide bonds. The number of aromatic hydroxyl groups is 1. The third kappa shape index (κ3) is 47.5. The van der Waals surface area contributed by atoms with Crippen LogP contribution >= 0.6 is 32.9 Å². The molecule has 15 atom stereocenters. The van der Waals surface area contributed by atoms with Gasteiger partial charge in [-0.3, -0.25) is 96.8 Å². The lowest BCUT2D eigenvalue weighted by atomic mass is 9.74. The molecular weight excluding hydrogens is 2070 g/mol. The van der Waals surface area contributed by atoms with Crippen molar-refractivity contribution in [1.82, 2.24) is 47.7 Å². The normalized spacial score (nSPS) is 16.5. The van der Waals surface area contributed by atoms with Crippen molar-refractivity contribution in [3.05, 3.63) is 63.4 Å². The first-order chi connectivity index (χ1) is 71.0. The fourth-order valence-corrected chi connectivity index (χ4v) is 21.8. The molecular formula is C98H147F3N14O30S5. The number of nitrogens with one attached hydrogen (secondary N) is 11. The lowest BCUT2D eigenvalue weighted by Gasteiger charge is -2.36. The van der Waals surface area contributed by atoms with Crippen LogP contribution in [0.5, 0.6) is 5.75 Å². The van der Waals surface area contributed by atoms with Crippen LogP contribution in [0.2, 0.25) is 0 Å². The number of carbonyl (C=O) groups is 17. The molecule has 0 aliphatic heterocycles. The van der Waals surface area contributed by atoms with Gasteiger partial charge in [-0.15, -0.1) is 11.3 Å². The van der Waals surface area contributed by atoms with E-state index in [1.165, 1.54) is 46.0 Å². The number of carboxylic acid groups (broad SMARTS) is 3.